The number of hydrogen-bond donors (Lipinski definition) is 2. The van der Waals surface area contributed by atoms with Crippen LogP contribution >= 0.6 is 0 Å². The smallest absolute Gasteiger partial charge is 0.240 e. The number of piperidine rings is 1. The van der Waals surface area contributed by atoms with Gasteiger partial charge in [0.2, 0.25) is 15.9 Å². The summed E-state index contributed by atoms with van der Waals surface area (Å²) in [5.74, 6) is 0.859. The molecule has 0 aromatic heterocycles. The molecule has 0 spiro atoms. The van der Waals surface area contributed by atoms with Crippen molar-refractivity contribution >= 4 is 15.9 Å². The van der Waals surface area contributed by atoms with E-state index in [0.29, 0.717) is 5.75 Å². The monoisotopic (exact) mass is 541 g/mol. The second-order valence-electron chi connectivity index (χ2n) is 10.9. The van der Waals surface area contributed by atoms with Crippen molar-refractivity contribution < 1.29 is 17.9 Å². The predicted molar refractivity (Wildman–Crippen MR) is 151 cm³/mol. The third-order valence-electron chi connectivity index (χ3n) is 8.45. The Morgan fingerprint density at radius 3 is 2.32 bits per heavy atom. The molecule has 38 heavy (non-hydrogen) atoms. The van der Waals surface area contributed by atoms with Crippen LogP contribution < -0.4 is 14.8 Å². The van der Waals surface area contributed by atoms with Crippen molar-refractivity contribution in [2.75, 3.05) is 26.7 Å². The highest BCUT2D eigenvalue weighted by Crippen LogP contribution is 2.41. The molecule has 4 rings (SSSR count). The average molecular weight is 542 g/mol. The molecule has 1 amide bonds. The van der Waals surface area contributed by atoms with Crippen LogP contribution in [0.4, 0.5) is 0 Å². The van der Waals surface area contributed by atoms with Crippen LogP contribution in [-0.2, 0) is 21.2 Å². The van der Waals surface area contributed by atoms with Crippen LogP contribution in [0.2, 0.25) is 0 Å². The van der Waals surface area contributed by atoms with Crippen molar-refractivity contribution in [1.82, 2.24) is 14.9 Å². The molecule has 1 unspecified atom stereocenters. The lowest BCUT2D eigenvalue weighted by atomic mass is 9.82. The number of carbonyl (C=O) groups is 1. The van der Waals surface area contributed by atoms with E-state index >= 15 is 0 Å². The summed E-state index contributed by atoms with van der Waals surface area (Å²) >= 11 is 0. The number of amides is 1. The first-order valence-electron chi connectivity index (χ1n) is 14.1. The molecule has 1 heterocycles. The quantitative estimate of drug-likeness (QED) is 0.412. The molecule has 1 saturated carbocycles. The molecule has 0 radical (unpaired) electrons. The molecule has 2 aromatic rings. The van der Waals surface area contributed by atoms with Crippen LogP contribution in [0.15, 0.2) is 59.5 Å². The van der Waals surface area contributed by atoms with Gasteiger partial charge in [0.25, 0.3) is 0 Å². The number of nitrogens with one attached hydrogen (secondary N) is 2. The van der Waals surface area contributed by atoms with Gasteiger partial charge in [0.1, 0.15) is 5.75 Å². The Kier molecular flexibility index (Phi) is 9.85. The van der Waals surface area contributed by atoms with Crippen LogP contribution in [-0.4, -0.2) is 58.1 Å². The van der Waals surface area contributed by atoms with Gasteiger partial charge < -0.3 is 15.0 Å². The highest BCUT2D eigenvalue weighted by atomic mass is 32.2. The van der Waals surface area contributed by atoms with Gasteiger partial charge in [-0.25, -0.2) is 13.1 Å². The Hall–Kier alpha value is -2.42. The van der Waals surface area contributed by atoms with Crippen molar-refractivity contribution in [3.63, 3.8) is 0 Å². The Bertz CT molecular complexity index is 1120. The van der Waals surface area contributed by atoms with Crippen molar-refractivity contribution in [2.45, 2.75) is 81.7 Å². The lowest BCUT2D eigenvalue weighted by molar-refractivity contribution is -0.131. The van der Waals surface area contributed by atoms with E-state index in [1.165, 1.54) is 5.56 Å². The molecule has 2 fully saturated rings. The maximum atomic E-state index is 13.4. The lowest BCUT2D eigenvalue weighted by Gasteiger charge is -2.34. The number of hydrogen-bond acceptors (Lipinski definition) is 5. The SMILES string of the molecule is CCC1(C(=O)NC(CCN2CCC(NS(=O)(=O)c3ccc(OC)cc3)CC2)Cc2ccccc2)CCCC1. The van der Waals surface area contributed by atoms with E-state index < -0.39 is 10.0 Å². The van der Waals surface area contributed by atoms with Gasteiger partial charge in [-0.3, -0.25) is 4.79 Å². The molecule has 1 aliphatic carbocycles. The number of sulfonamides is 1. The third-order valence-corrected chi connectivity index (χ3v) is 9.99. The third kappa shape index (κ3) is 7.36. The molecule has 7 nitrogen and oxygen atoms in total. The summed E-state index contributed by atoms with van der Waals surface area (Å²) in [6.45, 7) is 4.69. The Morgan fingerprint density at radius 2 is 1.71 bits per heavy atom. The van der Waals surface area contributed by atoms with Gasteiger partial charge in [-0.2, -0.15) is 0 Å². The summed E-state index contributed by atoms with van der Waals surface area (Å²) in [6, 6.07) is 16.9. The molecular formula is C30H43N3O4S. The standard InChI is InChI=1S/C30H43N3O4S/c1-3-30(18-7-8-19-30)29(34)31-26(23-24-9-5-4-6-10-24)17-22-33-20-15-25(16-21-33)32-38(35,36)28-13-11-27(37-2)12-14-28/h4-6,9-14,25-26,32H,3,7-8,15-23H2,1-2H3,(H,31,34). The van der Waals surface area contributed by atoms with Gasteiger partial charge in [0, 0.05) is 24.0 Å². The fourth-order valence-electron chi connectivity index (χ4n) is 5.91. The van der Waals surface area contributed by atoms with E-state index in [0.717, 1.165) is 77.4 Å². The summed E-state index contributed by atoms with van der Waals surface area (Å²) in [4.78, 5) is 16.0. The maximum absolute atomic E-state index is 13.4. The first-order valence-corrected chi connectivity index (χ1v) is 15.6. The van der Waals surface area contributed by atoms with Gasteiger partial charge in [-0.1, -0.05) is 50.1 Å². The topological polar surface area (TPSA) is 87.7 Å². The molecule has 208 valence electrons. The molecule has 2 aliphatic rings. The number of likely N-dealkylation sites (tertiary alicyclic amines) is 1. The second kappa shape index (κ2) is 13.1. The predicted octanol–water partition coefficient (Wildman–Crippen LogP) is 4.53. The fourth-order valence-corrected chi connectivity index (χ4v) is 7.22. The zero-order valence-electron chi connectivity index (χ0n) is 22.8. The van der Waals surface area contributed by atoms with E-state index in [-0.39, 0.29) is 28.3 Å². The van der Waals surface area contributed by atoms with Crippen LogP contribution in [0, 0.1) is 5.41 Å². The zero-order chi connectivity index (χ0) is 27.0. The molecule has 0 bridgehead atoms. The summed E-state index contributed by atoms with van der Waals surface area (Å²) in [5.41, 5.74) is 1.04. The molecule has 1 saturated heterocycles. The number of ether oxygens (including phenoxy) is 1. The largest absolute Gasteiger partial charge is 0.497 e. The van der Waals surface area contributed by atoms with E-state index in [1.54, 1.807) is 31.4 Å². The first kappa shape index (κ1) is 28.6. The molecule has 1 atom stereocenters. The van der Waals surface area contributed by atoms with Crippen molar-refractivity contribution in [2.24, 2.45) is 5.41 Å². The Morgan fingerprint density at radius 1 is 1.05 bits per heavy atom. The molecular weight excluding hydrogens is 498 g/mol. The van der Waals surface area contributed by atoms with Crippen LogP contribution in [0.3, 0.4) is 0 Å². The van der Waals surface area contributed by atoms with Gasteiger partial charge in [0.15, 0.2) is 0 Å². The van der Waals surface area contributed by atoms with Gasteiger partial charge in [0.05, 0.1) is 12.0 Å². The highest BCUT2D eigenvalue weighted by molar-refractivity contribution is 7.89. The summed E-state index contributed by atoms with van der Waals surface area (Å²) < 4.78 is 33.7. The highest BCUT2D eigenvalue weighted by Gasteiger charge is 2.40. The zero-order valence-corrected chi connectivity index (χ0v) is 23.6. The molecule has 1 aliphatic heterocycles. The van der Waals surface area contributed by atoms with Crippen molar-refractivity contribution in [1.29, 1.82) is 0 Å². The van der Waals surface area contributed by atoms with Crippen LogP contribution in [0.5, 0.6) is 5.75 Å². The fraction of sp³-hybridized carbons (Fsp3) is 0.567. The number of rotatable bonds is 12. The summed E-state index contributed by atoms with van der Waals surface area (Å²) in [7, 11) is -2.00. The van der Waals surface area contributed by atoms with Crippen molar-refractivity contribution in [3.05, 3.63) is 60.2 Å². The molecule has 8 heteroatoms. The number of carbonyl (C=O) groups excluding carboxylic acids is 1. The van der Waals surface area contributed by atoms with Gasteiger partial charge in [-0.05, 0) is 87.9 Å². The summed E-state index contributed by atoms with van der Waals surface area (Å²) in [5, 5.41) is 3.44. The molecule has 2 N–H and O–H groups in total. The van der Waals surface area contributed by atoms with Gasteiger partial charge in [-0.15, -0.1) is 0 Å². The average Bonchev–Trinajstić information content (AvgIpc) is 3.44. The van der Waals surface area contributed by atoms with E-state index in [1.807, 2.05) is 6.07 Å². The minimum atomic E-state index is -3.56. The Balaban J connectivity index is 1.30. The normalized spacial score (nSPS) is 19.2. The second-order valence-corrected chi connectivity index (χ2v) is 12.6. The van der Waals surface area contributed by atoms with E-state index in [4.69, 9.17) is 4.74 Å². The number of benzene rings is 2. The molecule has 2 aromatic carbocycles. The summed E-state index contributed by atoms with van der Waals surface area (Å²) in [6.07, 6.45) is 8.41. The van der Waals surface area contributed by atoms with E-state index in [9.17, 15) is 13.2 Å². The number of methoxy groups -OCH3 is 1. The lowest BCUT2D eigenvalue weighted by Crippen LogP contribution is -2.48. The van der Waals surface area contributed by atoms with Crippen LogP contribution in [0.1, 0.15) is 63.9 Å². The minimum absolute atomic E-state index is 0.0788. The van der Waals surface area contributed by atoms with E-state index in [2.05, 4.69) is 46.1 Å². The minimum Gasteiger partial charge on any atom is -0.497 e. The van der Waals surface area contributed by atoms with Crippen LogP contribution in [0.25, 0.3) is 0 Å². The maximum Gasteiger partial charge on any atom is 0.240 e. The first-order chi connectivity index (χ1) is 18.3. The number of nitrogens with zero attached hydrogens (tertiary/aromatic N) is 1. The Labute approximate surface area is 228 Å². The van der Waals surface area contributed by atoms with Gasteiger partial charge >= 0.3 is 0 Å². The van der Waals surface area contributed by atoms with Crippen molar-refractivity contribution in [3.8, 4) is 5.75 Å².